The average molecular weight is 462 g/mol. The van der Waals surface area contributed by atoms with Crippen molar-refractivity contribution in [1.82, 2.24) is 9.80 Å². The van der Waals surface area contributed by atoms with Gasteiger partial charge in [0, 0.05) is 38.3 Å². The van der Waals surface area contributed by atoms with E-state index in [0.717, 1.165) is 38.0 Å². The molecule has 1 saturated heterocycles. The van der Waals surface area contributed by atoms with Gasteiger partial charge in [0.25, 0.3) is 0 Å². The number of benzene rings is 2. The molecule has 1 saturated carbocycles. The highest BCUT2D eigenvalue weighted by Gasteiger charge is 2.37. The van der Waals surface area contributed by atoms with Crippen molar-refractivity contribution in [2.24, 2.45) is 5.92 Å². The van der Waals surface area contributed by atoms with E-state index < -0.39 is 0 Å². The summed E-state index contributed by atoms with van der Waals surface area (Å²) >= 11 is 0. The van der Waals surface area contributed by atoms with E-state index in [-0.39, 0.29) is 17.9 Å². The van der Waals surface area contributed by atoms with Gasteiger partial charge in [-0.15, -0.1) is 0 Å². The lowest BCUT2D eigenvalue weighted by molar-refractivity contribution is -0.134. The van der Waals surface area contributed by atoms with Gasteiger partial charge in [0.05, 0.1) is 6.04 Å². The van der Waals surface area contributed by atoms with Crippen molar-refractivity contribution < 1.29 is 9.59 Å². The summed E-state index contributed by atoms with van der Waals surface area (Å²) in [4.78, 5) is 30.5. The molecule has 0 radical (unpaired) electrons. The van der Waals surface area contributed by atoms with Crippen molar-refractivity contribution in [3.63, 3.8) is 0 Å². The highest BCUT2D eigenvalue weighted by Crippen LogP contribution is 2.32. The molecule has 2 aliphatic rings. The molecule has 182 valence electrons. The summed E-state index contributed by atoms with van der Waals surface area (Å²) in [5, 5.41) is 3.19. The van der Waals surface area contributed by atoms with E-state index in [9.17, 15) is 9.59 Å². The normalized spacial score (nSPS) is 18.3. The summed E-state index contributed by atoms with van der Waals surface area (Å²) in [7, 11) is 0. The van der Waals surface area contributed by atoms with Crippen LogP contribution in [-0.2, 0) is 16.0 Å². The smallest absolute Gasteiger partial charge is 0.242 e. The van der Waals surface area contributed by atoms with Gasteiger partial charge >= 0.3 is 0 Å². The summed E-state index contributed by atoms with van der Waals surface area (Å²) < 4.78 is 0. The van der Waals surface area contributed by atoms with Crippen molar-refractivity contribution in [2.45, 2.75) is 64.3 Å². The molecule has 1 aliphatic heterocycles. The molecule has 0 aromatic heterocycles. The minimum Gasteiger partial charge on any atom is -0.340 e. The molecule has 5 nitrogen and oxygen atoms in total. The van der Waals surface area contributed by atoms with Crippen molar-refractivity contribution in [2.75, 3.05) is 31.5 Å². The summed E-state index contributed by atoms with van der Waals surface area (Å²) in [5.74, 6) is 1.20. The second-order valence-corrected chi connectivity index (χ2v) is 10.2. The van der Waals surface area contributed by atoms with Crippen LogP contribution in [0, 0.1) is 5.92 Å². The van der Waals surface area contributed by atoms with Gasteiger partial charge in [0.15, 0.2) is 0 Å². The van der Waals surface area contributed by atoms with Crippen LogP contribution in [0.4, 0.5) is 5.69 Å². The maximum absolute atomic E-state index is 13.5. The Labute approximate surface area is 204 Å². The Bertz CT molecular complexity index is 928. The van der Waals surface area contributed by atoms with E-state index in [1.165, 1.54) is 24.0 Å². The summed E-state index contributed by atoms with van der Waals surface area (Å²) in [6, 6.07) is 18.3. The summed E-state index contributed by atoms with van der Waals surface area (Å²) in [6.07, 6.45) is 5.96. The Morgan fingerprint density at radius 3 is 2.18 bits per heavy atom. The molecule has 2 fully saturated rings. The zero-order chi connectivity index (χ0) is 23.9. The number of anilines is 1. The molecule has 1 atom stereocenters. The summed E-state index contributed by atoms with van der Waals surface area (Å²) in [6.45, 7) is 7.28. The Morgan fingerprint density at radius 2 is 1.56 bits per heavy atom. The lowest BCUT2D eigenvalue weighted by atomic mass is 9.94. The van der Waals surface area contributed by atoms with Gasteiger partial charge in [0.2, 0.25) is 11.8 Å². The Balaban J connectivity index is 1.34. The van der Waals surface area contributed by atoms with Crippen molar-refractivity contribution in [3.8, 4) is 0 Å². The van der Waals surface area contributed by atoms with Crippen molar-refractivity contribution >= 4 is 17.5 Å². The number of hydrogen-bond donors (Lipinski definition) is 1. The van der Waals surface area contributed by atoms with Crippen molar-refractivity contribution in [1.29, 1.82) is 0 Å². The number of hydrogen-bond acceptors (Lipinski definition) is 3. The van der Waals surface area contributed by atoms with Crippen LogP contribution in [0.1, 0.15) is 63.0 Å². The van der Waals surface area contributed by atoms with E-state index >= 15 is 0 Å². The molecule has 2 amide bonds. The second kappa shape index (κ2) is 11.7. The van der Waals surface area contributed by atoms with Crippen LogP contribution in [0.25, 0.3) is 0 Å². The van der Waals surface area contributed by atoms with Gasteiger partial charge in [-0.25, -0.2) is 0 Å². The van der Waals surface area contributed by atoms with Crippen molar-refractivity contribution in [3.05, 3.63) is 65.7 Å². The van der Waals surface area contributed by atoms with E-state index in [4.69, 9.17) is 0 Å². The molecule has 4 rings (SSSR count). The fraction of sp³-hybridized carbons (Fsp3) is 0.517. The highest BCUT2D eigenvalue weighted by molar-refractivity contribution is 5.95. The number of nitrogens with zero attached hydrogens (tertiary/aromatic N) is 2. The first-order chi connectivity index (χ1) is 16.5. The fourth-order valence-electron chi connectivity index (χ4n) is 5.42. The maximum atomic E-state index is 13.5. The minimum absolute atomic E-state index is 0.105. The molecule has 0 unspecified atom stereocenters. The van der Waals surface area contributed by atoms with Crippen LogP contribution >= 0.6 is 0 Å². The number of aryl methyl sites for hydroxylation is 1. The molecule has 1 N–H and O–H groups in total. The minimum atomic E-state index is -0.117. The quantitative estimate of drug-likeness (QED) is 0.596. The number of nitrogens with one attached hydrogen (secondary N) is 1. The molecule has 1 heterocycles. The molecular formula is C29H39N3O2. The lowest BCUT2D eigenvalue weighted by Crippen LogP contribution is -2.57. The highest BCUT2D eigenvalue weighted by atomic mass is 16.2. The van der Waals surface area contributed by atoms with E-state index in [1.54, 1.807) is 0 Å². The Hall–Kier alpha value is -2.66. The molecule has 0 bridgehead atoms. The number of rotatable bonds is 8. The average Bonchev–Trinajstić information content (AvgIpc) is 3.38. The van der Waals surface area contributed by atoms with Crippen LogP contribution < -0.4 is 5.32 Å². The zero-order valence-corrected chi connectivity index (χ0v) is 20.7. The van der Waals surface area contributed by atoms with E-state index in [1.807, 2.05) is 35.2 Å². The van der Waals surface area contributed by atoms with Crippen LogP contribution in [0.2, 0.25) is 0 Å². The first kappa shape index (κ1) is 24.5. The Morgan fingerprint density at radius 1 is 0.912 bits per heavy atom. The second-order valence-electron chi connectivity index (χ2n) is 10.2. The van der Waals surface area contributed by atoms with Crippen LogP contribution in [0.5, 0.6) is 0 Å². The number of carbonyl (C=O) groups is 2. The van der Waals surface area contributed by atoms with Crippen LogP contribution in [-0.4, -0.2) is 53.8 Å². The zero-order valence-electron chi connectivity index (χ0n) is 20.7. The number of amides is 2. The number of piperazine rings is 1. The van der Waals surface area contributed by atoms with Gasteiger partial charge < -0.3 is 10.2 Å². The summed E-state index contributed by atoms with van der Waals surface area (Å²) in [5.41, 5.74) is 3.35. The van der Waals surface area contributed by atoms with Crippen LogP contribution in [0.3, 0.4) is 0 Å². The first-order valence-electron chi connectivity index (χ1n) is 13.0. The standard InChI is InChI=1S/C29H39N3O2/c1-22(2)24-13-15-26(16-14-24)30-29(34)28(25-10-6-7-11-25)32-20-18-31(19-21-32)27(33)17-12-23-8-4-3-5-9-23/h3-5,8-9,13-16,22,25,28H,6-7,10-12,17-21H2,1-2H3,(H,30,34)/t28-/m1/s1. The number of carbonyl (C=O) groups excluding carboxylic acids is 2. The molecule has 1 aliphatic carbocycles. The third-order valence-electron chi connectivity index (χ3n) is 7.49. The molecule has 2 aromatic carbocycles. The third-order valence-corrected chi connectivity index (χ3v) is 7.49. The van der Waals surface area contributed by atoms with Gasteiger partial charge in [-0.1, -0.05) is 69.2 Å². The van der Waals surface area contributed by atoms with Gasteiger partial charge in [-0.3, -0.25) is 14.5 Å². The predicted octanol–water partition coefficient (Wildman–Crippen LogP) is 5.08. The lowest BCUT2D eigenvalue weighted by Gasteiger charge is -2.40. The molecular weight excluding hydrogens is 422 g/mol. The SMILES string of the molecule is CC(C)c1ccc(NC(=O)[C@@H](C2CCCC2)N2CCN(C(=O)CCc3ccccc3)CC2)cc1. The molecule has 0 spiro atoms. The van der Waals surface area contributed by atoms with Gasteiger partial charge in [0.1, 0.15) is 0 Å². The predicted molar refractivity (Wildman–Crippen MR) is 138 cm³/mol. The van der Waals surface area contributed by atoms with E-state index in [0.29, 0.717) is 31.3 Å². The van der Waals surface area contributed by atoms with Gasteiger partial charge in [-0.2, -0.15) is 0 Å². The van der Waals surface area contributed by atoms with Gasteiger partial charge in [-0.05, 0) is 54.4 Å². The fourth-order valence-corrected chi connectivity index (χ4v) is 5.42. The first-order valence-corrected chi connectivity index (χ1v) is 13.0. The Kier molecular flexibility index (Phi) is 8.39. The third kappa shape index (κ3) is 6.26. The molecule has 34 heavy (non-hydrogen) atoms. The monoisotopic (exact) mass is 461 g/mol. The van der Waals surface area contributed by atoms with Crippen LogP contribution in [0.15, 0.2) is 54.6 Å². The largest absolute Gasteiger partial charge is 0.340 e. The molecule has 2 aromatic rings. The topological polar surface area (TPSA) is 52.7 Å². The van der Waals surface area contributed by atoms with E-state index in [2.05, 4.69) is 48.3 Å². The molecule has 5 heteroatoms. The maximum Gasteiger partial charge on any atom is 0.242 e.